The van der Waals surface area contributed by atoms with E-state index in [9.17, 15) is 0 Å². The van der Waals surface area contributed by atoms with Crippen molar-refractivity contribution in [2.24, 2.45) is 0 Å². The molecule has 0 aliphatic carbocycles. The molecule has 0 unspecified atom stereocenters. The third-order valence-corrected chi connectivity index (χ3v) is 2.20. The Kier molecular flexibility index (Phi) is 8.19. The van der Waals surface area contributed by atoms with E-state index in [0.29, 0.717) is 0 Å². The Labute approximate surface area is 148 Å². The monoisotopic (exact) mass is 358 g/mol. The molecule has 0 aliphatic heterocycles. The molecule has 2 radical (unpaired) electrons. The van der Waals surface area contributed by atoms with Crippen LogP contribution in [-0.4, -0.2) is 0 Å². The molecule has 0 amide bonds. The number of rotatable bonds is 1. The maximum Gasteiger partial charge on any atom is 0 e. The maximum absolute atomic E-state index is 3.04. The summed E-state index contributed by atoms with van der Waals surface area (Å²) in [5.41, 5.74) is 5.02. The Hall–Kier alpha value is 0.648. The smallest absolute Gasteiger partial charge is 0 e. The molecule has 2 aromatic carbocycles. The van der Waals surface area contributed by atoms with Gasteiger partial charge in [0.2, 0.25) is 0 Å². The minimum absolute atomic E-state index is 0. The molecule has 0 saturated carbocycles. The molecule has 0 fully saturated rings. The standard InChI is InChI=1S/C14H12.2Y/c1-11-8-12(2)10-14(9-11)13-6-4-3-5-7-13;;/h3,6-10H,1-2H3;;/q-2;;. The summed E-state index contributed by atoms with van der Waals surface area (Å²) in [5.74, 6) is 0. The molecule has 0 saturated heterocycles. The first kappa shape index (κ1) is 16.6. The van der Waals surface area contributed by atoms with Gasteiger partial charge in [-0.15, -0.1) is 5.56 Å². The van der Waals surface area contributed by atoms with Crippen molar-refractivity contribution >= 4 is 0 Å². The number of hydrogen-bond acceptors (Lipinski definition) is 0. The van der Waals surface area contributed by atoms with Crippen LogP contribution in [0.1, 0.15) is 11.1 Å². The molecular formula is C14H12Y2-2. The second-order valence-corrected chi connectivity index (χ2v) is 3.60. The molecule has 0 aliphatic rings. The van der Waals surface area contributed by atoms with E-state index in [1.54, 1.807) is 6.07 Å². The summed E-state index contributed by atoms with van der Waals surface area (Å²) in [7, 11) is 0. The van der Waals surface area contributed by atoms with Gasteiger partial charge in [0, 0.05) is 65.4 Å². The van der Waals surface area contributed by atoms with E-state index in [-0.39, 0.29) is 65.4 Å². The zero-order chi connectivity index (χ0) is 9.97. The molecule has 0 atom stereocenters. The molecule has 16 heavy (non-hydrogen) atoms. The van der Waals surface area contributed by atoms with Gasteiger partial charge < -0.3 is 18.2 Å². The van der Waals surface area contributed by atoms with E-state index in [1.807, 2.05) is 12.1 Å². The van der Waals surface area contributed by atoms with Gasteiger partial charge in [-0.1, -0.05) is 29.3 Å². The third-order valence-electron chi connectivity index (χ3n) is 2.20. The molecule has 0 aromatic heterocycles. The van der Waals surface area contributed by atoms with E-state index in [2.05, 4.69) is 44.2 Å². The minimum atomic E-state index is 0. The fourth-order valence-electron chi connectivity index (χ4n) is 1.66. The van der Waals surface area contributed by atoms with Gasteiger partial charge in [0.05, 0.1) is 0 Å². The van der Waals surface area contributed by atoms with E-state index in [4.69, 9.17) is 0 Å². The predicted octanol–water partition coefficient (Wildman–Crippen LogP) is 3.57. The van der Waals surface area contributed by atoms with Crippen molar-refractivity contribution in [1.29, 1.82) is 0 Å². The SMILES string of the molecule is Cc1cc(C)cc(-c2c[c-]c[c-]c2)c1.[Y].[Y]. The van der Waals surface area contributed by atoms with Gasteiger partial charge in [0.15, 0.2) is 0 Å². The number of hydrogen-bond donors (Lipinski definition) is 0. The maximum atomic E-state index is 3.04. The van der Waals surface area contributed by atoms with E-state index >= 15 is 0 Å². The topological polar surface area (TPSA) is 0 Å². The summed E-state index contributed by atoms with van der Waals surface area (Å²) >= 11 is 0. The van der Waals surface area contributed by atoms with Gasteiger partial charge >= 0.3 is 0 Å². The minimum Gasteiger partial charge on any atom is -0.358 e. The van der Waals surface area contributed by atoms with Crippen molar-refractivity contribution in [3.8, 4) is 11.1 Å². The Bertz CT molecular complexity index is 415. The quantitative estimate of drug-likeness (QED) is 0.684. The second-order valence-electron chi connectivity index (χ2n) is 3.60. The summed E-state index contributed by atoms with van der Waals surface area (Å²) in [4.78, 5) is 0. The molecule has 0 nitrogen and oxygen atoms in total. The van der Waals surface area contributed by atoms with E-state index < -0.39 is 0 Å². The van der Waals surface area contributed by atoms with Crippen LogP contribution in [0.25, 0.3) is 11.1 Å². The van der Waals surface area contributed by atoms with Crippen molar-refractivity contribution in [3.05, 3.63) is 59.7 Å². The van der Waals surface area contributed by atoms with Crippen molar-refractivity contribution in [2.45, 2.75) is 13.8 Å². The fourth-order valence-corrected chi connectivity index (χ4v) is 1.66. The van der Waals surface area contributed by atoms with Crippen LogP contribution in [0.15, 0.2) is 36.4 Å². The summed E-state index contributed by atoms with van der Waals surface area (Å²) in [5, 5.41) is 0. The molecular weight excluding hydrogens is 346 g/mol. The molecule has 2 aromatic rings. The van der Waals surface area contributed by atoms with Gasteiger partial charge in [-0.05, 0) is 13.8 Å². The Morgan fingerprint density at radius 1 is 0.750 bits per heavy atom. The van der Waals surface area contributed by atoms with Gasteiger partial charge in [-0.3, -0.25) is 12.1 Å². The Morgan fingerprint density at radius 3 is 1.75 bits per heavy atom. The predicted molar refractivity (Wildman–Crippen MR) is 59.0 cm³/mol. The molecule has 0 heterocycles. The summed E-state index contributed by atoms with van der Waals surface area (Å²) in [6.07, 6.45) is 0. The van der Waals surface area contributed by atoms with E-state index in [1.165, 1.54) is 22.3 Å². The first-order valence-electron chi connectivity index (χ1n) is 4.71. The van der Waals surface area contributed by atoms with Gasteiger partial charge in [-0.2, -0.15) is 0 Å². The van der Waals surface area contributed by atoms with Gasteiger partial charge in [-0.25, -0.2) is 5.56 Å². The van der Waals surface area contributed by atoms with Crippen molar-refractivity contribution in [3.63, 3.8) is 0 Å². The van der Waals surface area contributed by atoms with Crippen LogP contribution < -0.4 is 0 Å². The molecule has 2 heteroatoms. The van der Waals surface area contributed by atoms with Crippen LogP contribution in [0.4, 0.5) is 0 Å². The average molecular weight is 358 g/mol. The molecule has 0 N–H and O–H groups in total. The van der Waals surface area contributed by atoms with Crippen molar-refractivity contribution in [2.75, 3.05) is 0 Å². The largest absolute Gasteiger partial charge is 0.358 e. The fraction of sp³-hybridized carbons (Fsp3) is 0.143. The second kappa shape index (κ2) is 7.87. The molecule has 76 valence electrons. The van der Waals surface area contributed by atoms with Crippen LogP contribution >= 0.6 is 0 Å². The van der Waals surface area contributed by atoms with Crippen LogP contribution in [-0.2, 0) is 65.4 Å². The van der Waals surface area contributed by atoms with Crippen LogP contribution in [0.2, 0.25) is 0 Å². The third kappa shape index (κ3) is 4.49. The van der Waals surface area contributed by atoms with Crippen LogP contribution in [0.3, 0.4) is 0 Å². The zero-order valence-corrected chi connectivity index (χ0v) is 15.3. The average Bonchev–Trinajstić information content (AvgIpc) is 2.18. The van der Waals surface area contributed by atoms with Gasteiger partial charge in [0.1, 0.15) is 0 Å². The normalized spacial score (nSPS) is 8.88. The molecule has 0 bridgehead atoms. The zero-order valence-electron chi connectivity index (χ0n) is 9.62. The summed E-state index contributed by atoms with van der Waals surface area (Å²) in [6.45, 7) is 4.24. The van der Waals surface area contributed by atoms with Crippen LogP contribution in [0.5, 0.6) is 0 Å². The first-order valence-corrected chi connectivity index (χ1v) is 4.71. The molecule has 0 spiro atoms. The Morgan fingerprint density at radius 2 is 1.25 bits per heavy atom. The number of benzene rings is 2. The first-order chi connectivity index (χ1) is 6.75. The van der Waals surface area contributed by atoms with E-state index in [0.717, 1.165) is 0 Å². The summed E-state index contributed by atoms with van der Waals surface area (Å²) < 4.78 is 0. The van der Waals surface area contributed by atoms with Crippen molar-refractivity contribution in [1.82, 2.24) is 0 Å². The Balaban J connectivity index is 0.00000112. The number of aryl methyl sites for hydroxylation is 2. The van der Waals surface area contributed by atoms with Gasteiger partial charge in [0.25, 0.3) is 0 Å². The molecule has 2 rings (SSSR count). The van der Waals surface area contributed by atoms with Crippen molar-refractivity contribution < 1.29 is 65.4 Å². The van der Waals surface area contributed by atoms with Crippen LogP contribution in [0, 0.1) is 26.0 Å². The summed E-state index contributed by atoms with van der Waals surface area (Å²) in [6, 6.07) is 18.4.